The molecule has 46 heavy (non-hydrogen) atoms. The minimum Gasteiger partial charge on any atom is -0.487 e. The molecule has 2 amide bonds. The summed E-state index contributed by atoms with van der Waals surface area (Å²) in [5, 5.41) is -0.173. The van der Waals surface area contributed by atoms with E-state index in [4.69, 9.17) is 21.1 Å². The average molecular weight is 672 g/mol. The van der Waals surface area contributed by atoms with E-state index < -0.39 is 26.8 Å². The highest BCUT2D eigenvalue weighted by Gasteiger charge is 2.52. The fourth-order valence-corrected chi connectivity index (χ4v) is 8.44. The maximum absolute atomic E-state index is 13.8. The van der Waals surface area contributed by atoms with Gasteiger partial charge in [0.15, 0.2) is 5.60 Å². The lowest BCUT2D eigenvalue weighted by Crippen LogP contribution is -2.58. The van der Waals surface area contributed by atoms with Crippen LogP contribution in [0, 0.1) is 17.8 Å². The molecule has 0 spiro atoms. The molecule has 9 nitrogen and oxygen atoms in total. The molecule has 2 aromatic rings. The number of hydrogen-bond donors (Lipinski definition) is 1. The number of methoxy groups -OCH3 is 1. The number of nitrogens with one attached hydrogen (secondary N) is 1. The number of fused-ring (bicyclic) bond motifs is 3. The topological polar surface area (TPSA) is 105 Å². The van der Waals surface area contributed by atoms with Crippen molar-refractivity contribution in [2.24, 2.45) is 17.8 Å². The number of benzene rings is 2. The van der Waals surface area contributed by atoms with Crippen molar-refractivity contribution in [1.82, 2.24) is 9.62 Å². The zero-order valence-electron chi connectivity index (χ0n) is 27.4. The van der Waals surface area contributed by atoms with Gasteiger partial charge in [-0.05, 0) is 105 Å². The van der Waals surface area contributed by atoms with Crippen LogP contribution in [0.25, 0.3) is 0 Å². The molecule has 0 unspecified atom stereocenters. The Labute approximate surface area is 278 Å². The van der Waals surface area contributed by atoms with Crippen LogP contribution in [-0.2, 0) is 32.6 Å². The summed E-state index contributed by atoms with van der Waals surface area (Å²) < 4.78 is 41.6. The lowest BCUT2D eigenvalue weighted by molar-refractivity contribution is -0.160. The number of nitrogens with zero attached hydrogens (tertiary/aromatic N) is 2. The van der Waals surface area contributed by atoms with Gasteiger partial charge in [-0.15, -0.1) is 0 Å². The minimum atomic E-state index is -4.00. The molecule has 2 heterocycles. The highest BCUT2D eigenvalue weighted by molar-refractivity contribution is 7.90. The van der Waals surface area contributed by atoms with Crippen LogP contribution >= 0.6 is 11.6 Å². The van der Waals surface area contributed by atoms with Crippen molar-refractivity contribution in [3.63, 3.8) is 0 Å². The van der Waals surface area contributed by atoms with E-state index >= 15 is 0 Å². The molecular formula is C35H46ClN3O6S. The molecule has 0 radical (unpaired) electrons. The highest BCUT2D eigenvalue weighted by atomic mass is 35.5. The van der Waals surface area contributed by atoms with Gasteiger partial charge in [0.05, 0.1) is 10.9 Å². The van der Waals surface area contributed by atoms with Crippen molar-refractivity contribution in [3.8, 4) is 5.75 Å². The molecule has 11 heteroatoms. The second-order valence-corrected chi connectivity index (χ2v) is 15.7. The van der Waals surface area contributed by atoms with Crippen LogP contribution in [-0.4, -0.2) is 70.3 Å². The molecule has 0 saturated heterocycles. The Morgan fingerprint density at radius 2 is 1.89 bits per heavy atom. The van der Waals surface area contributed by atoms with E-state index in [-0.39, 0.29) is 29.2 Å². The number of allylic oxidation sites excluding steroid dienone is 1. The Morgan fingerprint density at radius 1 is 1.11 bits per heavy atom. The molecule has 1 N–H and O–H groups in total. The molecule has 250 valence electrons. The average Bonchev–Trinajstić information content (AvgIpc) is 3.04. The maximum atomic E-state index is 13.8. The fourth-order valence-electron chi connectivity index (χ4n) is 6.96. The number of carbonyl (C=O) groups excluding carboxylic acids is 2. The second kappa shape index (κ2) is 14.0. The van der Waals surface area contributed by atoms with Crippen molar-refractivity contribution in [3.05, 3.63) is 70.3 Å². The molecular weight excluding hydrogens is 626 g/mol. The van der Waals surface area contributed by atoms with Crippen LogP contribution in [0.3, 0.4) is 0 Å². The summed E-state index contributed by atoms with van der Waals surface area (Å²) >= 11 is 6.34. The SMILES string of the molecule is CO[C@]1(C(=O)N(C)C)/C=C/C[C@H](C)[C@@H](C)S(=O)(=O)NC(=O)c2ccc3c(c2)N(CCCCc2cc(Cl)ccc2CO3)C[C@@H]2CC[C@H]21. The molecule has 2 aliphatic heterocycles. The molecule has 1 fully saturated rings. The molecule has 1 saturated carbocycles. The van der Waals surface area contributed by atoms with Crippen LogP contribution in [0.5, 0.6) is 5.75 Å². The highest BCUT2D eigenvalue weighted by Crippen LogP contribution is 2.47. The first-order chi connectivity index (χ1) is 21.9. The summed E-state index contributed by atoms with van der Waals surface area (Å²) in [4.78, 5) is 31.1. The molecule has 2 aromatic carbocycles. The molecule has 5 atom stereocenters. The second-order valence-electron chi connectivity index (χ2n) is 13.2. The number of rotatable bonds is 2. The van der Waals surface area contributed by atoms with Gasteiger partial charge in [0.2, 0.25) is 10.0 Å². The van der Waals surface area contributed by atoms with Gasteiger partial charge >= 0.3 is 0 Å². The van der Waals surface area contributed by atoms with Crippen molar-refractivity contribution < 1.29 is 27.5 Å². The normalized spacial score (nSPS) is 29.0. The van der Waals surface area contributed by atoms with Gasteiger partial charge in [0, 0.05) is 50.8 Å². The summed E-state index contributed by atoms with van der Waals surface area (Å²) in [5.74, 6) is -0.496. The van der Waals surface area contributed by atoms with Crippen molar-refractivity contribution in [2.75, 3.05) is 39.2 Å². The zero-order chi connectivity index (χ0) is 33.2. The van der Waals surface area contributed by atoms with Crippen LogP contribution < -0.4 is 14.4 Å². The Hall–Kier alpha value is -3.08. The van der Waals surface area contributed by atoms with Crippen LogP contribution in [0.4, 0.5) is 5.69 Å². The zero-order valence-corrected chi connectivity index (χ0v) is 29.0. The van der Waals surface area contributed by atoms with E-state index in [2.05, 4.69) is 9.62 Å². The summed E-state index contributed by atoms with van der Waals surface area (Å²) in [6.07, 6.45) is 8.50. The molecule has 3 aliphatic rings. The van der Waals surface area contributed by atoms with Crippen molar-refractivity contribution >= 4 is 39.1 Å². The largest absolute Gasteiger partial charge is 0.487 e. The molecule has 1 aliphatic carbocycles. The number of ether oxygens (including phenoxy) is 2. The molecule has 0 aromatic heterocycles. The summed E-state index contributed by atoms with van der Waals surface area (Å²) in [5.41, 5.74) is 1.97. The number of sulfonamides is 1. The standard InChI is InChI=1S/C35H46ClN3O6S/c1-23-9-8-17-35(44-5,34(41)38(3)4)30-15-12-27(30)21-39-18-7-6-10-25-19-29(36)14-11-28(25)22-45-32-16-13-26(20-31(32)39)33(40)37-46(42,43)24(23)2/h8,11,13-14,16-17,19-20,23-24,27,30H,6-7,9-10,12,15,18,21-22H2,1-5H3,(H,37,40)/b17-8+/t23-,24+,27-,30+,35+/m0/s1. The number of aryl methyl sites for hydroxylation is 1. The van der Waals surface area contributed by atoms with Crippen LogP contribution in [0.2, 0.25) is 5.02 Å². The number of amides is 2. The third-order valence-corrected chi connectivity index (χ3v) is 12.3. The van der Waals surface area contributed by atoms with E-state index in [0.717, 1.165) is 48.9 Å². The Balaban J connectivity index is 1.61. The summed E-state index contributed by atoms with van der Waals surface area (Å²) in [6, 6.07) is 11.0. The summed E-state index contributed by atoms with van der Waals surface area (Å²) in [6.45, 7) is 5.06. The van der Waals surface area contributed by atoms with E-state index in [1.165, 1.54) is 0 Å². The number of halogens is 1. The third kappa shape index (κ3) is 6.94. The first kappa shape index (κ1) is 34.3. The van der Waals surface area contributed by atoms with Gasteiger partial charge < -0.3 is 19.3 Å². The van der Waals surface area contributed by atoms with E-state index in [1.807, 2.05) is 37.3 Å². The Kier molecular flexibility index (Phi) is 10.4. The predicted octanol–water partition coefficient (Wildman–Crippen LogP) is 5.61. The van der Waals surface area contributed by atoms with Gasteiger partial charge in [0.25, 0.3) is 11.8 Å². The first-order valence-electron chi connectivity index (χ1n) is 16.2. The summed E-state index contributed by atoms with van der Waals surface area (Å²) in [7, 11) is 1.05. The Morgan fingerprint density at radius 3 is 2.59 bits per heavy atom. The van der Waals surface area contributed by atoms with Gasteiger partial charge in [-0.25, -0.2) is 13.1 Å². The quantitative estimate of drug-likeness (QED) is 0.414. The van der Waals surface area contributed by atoms with E-state index in [0.29, 0.717) is 36.9 Å². The van der Waals surface area contributed by atoms with E-state index in [1.54, 1.807) is 51.2 Å². The lowest BCUT2D eigenvalue weighted by atomic mass is 9.63. The van der Waals surface area contributed by atoms with Crippen molar-refractivity contribution in [1.29, 1.82) is 0 Å². The molecule has 2 bridgehead atoms. The fraction of sp³-hybridized carbons (Fsp3) is 0.543. The maximum Gasteiger partial charge on any atom is 0.264 e. The number of anilines is 1. The number of carbonyl (C=O) groups is 2. The van der Waals surface area contributed by atoms with Gasteiger partial charge in [-0.2, -0.15) is 0 Å². The lowest BCUT2D eigenvalue weighted by Gasteiger charge is -2.49. The van der Waals surface area contributed by atoms with E-state index in [9.17, 15) is 18.0 Å². The number of likely N-dealkylation sites (N-methyl/N-ethyl adjacent to an activating group) is 1. The van der Waals surface area contributed by atoms with Gasteiger partial charge in [0.1, 0.15) is 12.4 Å². The predicted molar refractivity (Wildman–Crippen MR) is 181 cm³/mol. The monoisotopic (exact) mass is 671 g/mol. The first-order valence-corrected chi connectivity index (χ1v) is 18.1. The van der Waals surface area contributed by atoms with Crippen LogP contribution in [0.1, 0.15) is 67.4 Å². The van der Waals surface area contributed by atoms with Gasteiger partial charge in [-0.3, -0.25) is 9.59 Å². The third-order valence-electron chi connectivity index (χ3n) is 10.1. The Bertz CT molecular complexity index is 1590. The van der Waals surface area contributed by atoms with Gasteiger partial charge in [-0.1, -0.05) is 30.7 Å². The minimum absolute atomic E-state index is 0.0894. The van der Waals surface area contributed by atoms with Crippen molar-refractivity contribution in [2.45, 2.75) is 69.8 Å². The number of hydrogen-bond acceptors (Lipinski definition) is 7. The van der Waals surface area contributed by atoms with Crippen LogP contribution in [0.15, 0.2) is 48.6 Å². The molecule has 5 rings (SSSR count). The smallest absolute Gasteiger partial charge is 0.264 e.